The molecule has 1 aliphatic heterocycles. The molecule has 0 bridgehead atoms. The minimum atomic E-state index is 1.03. The van der Waals surface area contributed by atoms with Gasteiger partial charge in [-0.2, -0.15) is 0 Å². The van der Waals surface area contributed by atoms with Crippen LogP contribution >= 0.6 is 0 Å². The van der Waals surface area contributed by atoms with Gasteiger partial charge in [0, 0.05) is 31.3 Å². The van der Waals surface area contributed by atoms with Crippen molar-refractivity contribution in [1.82, 2.24) is 9.88 Å². The highest BCUT2D eigenvalue weighted by atomic mass is 15.1. The number of rotatable bonds is 4. The Labute approximate surface area is 143 Å². The fourth-order valence-electron chi connectivity index (χ4n) is 3.24. The predicted octanol–water partition coefficient (Wildman–Crippen LogP) is 5.01. The number of H-pyrrole nitrogens is 1. The molecule has 120 valence electrons. The smallest absolute Gasteiger partial charge is 0.0454 e. The molecule has 2 heterocycles. The number of allylic oxidation sites excluding steroid dienone is 1. The van der Waals surface area contributed by atoms with Crippen molar-refractivity contribution >= 4 is 17.0 Å². The Bertz CT molecular complexity index is 871. The normalized spacial score (nSPS) is 15.9. The van der Waals surface area contributed by atoms with Crippen LogP contribution in [0.15, 0.2) is 78.5 Å². The number of hydrogen-bond acceptors (Lipinski definition) is 1. The van der Waals surface area contributed by atoms with Crippen molar-refractivity contribution in [2.24, 2.45) is 0 Å². The van der Waals surface area contributed by atoms with Crippen molar-refractivity contribution in [3.63, 3.8) is 0 Å². The first-order valence-electron chi connectivity index (χ1n) is 8.57. The Morgan fingerprint density at radius 1 is 1.00 bits per heavy atom. The molecule has 2 nitrogen and oxygen atoms in total. The Hall–Kier alpha value is -2.58. The molecule has 2 aromatic carbocycles. The van der Waals surface area contributed by atoms with Crippen LogP contribution in [0.3, 0.4) is 0 Å². The average molecular weight is 314 g/mol. The van der Waals surface area contributed by atoms with Crippen molar-refractivity contribution < 1.29 is 0 Å². The maximum absolute atomic E-state index is 3.24. The topological polar surface area (TPSA) is 19.0 Å². The van der Waals surface area contributed by atoms with Gasteiger partial charge in [-0.05, 0) is 46.7 Å². The summed E-state index contributed by atoms with van der Waals surface area (Å²) in [5.74, 6) is 0. The van der Waals surface area contributed by atoms with Crippen molar-refractivity contribution in [2.45, 2.75) is 13.0 Å². The van der Waals surface area contributed by atoms with Crippen LogP contribution in [0.5, 0.6) is 0 Å². The molecule has 0 spiro atoms. The van der Waals surface area contributed by atoms with Crippen LogP contribution in [0, 0.1) is 0 Å². The molecular formula is C22H22N2. The van der Waals surface area contributed by atoms with Gasteiger partial charge in [0.1, 0.15) is 0 Å². The lowest BCUT2D eigenvalue weighted by Crippen LogP contribution is -2.27. The third-order valence-electron chi connectivity index (χ3n) is 4.64. The van der Waals surface area contributed by atoms with E-state index in [1.807, 2.05) is 6.20 Å². The van der Waals surface area contributed by atoms with Gasteiger partial charge in [0.05, 0.1) is 0 Å². The number of aromatic nitrogens is 1. The third-order valence-corrected chi connectivity index (χ3v) is 4.64. The molecule has 2 heteroatoms. The van der Waals surface area contributed by atoms with E-state index in [0.29, 0.717) is 0 Å². The summed E-state index contributed by atoms with van der Waals surface area (Å²) in [5.41, 5.74) is 5.29. The number of benzene rings is 2. The molecule has 0 radical (unpaired) electrons. The van der Waals surface area contributed by atoms with E-state index in [2.05, 4.69) is 82.7 Å². The number of nitrogens with one attached hydrogen (secondary N) is 1. The summed E-state index contributed by atoms with van der Waals surface area (Å²) in [4.78, 5) is 5.73. The predicted molar refractivity (Wildman–Crippen MR) is 102 cm³/mol. The number of hydrogen-bond donors (Lipinski definition) is 1. The van der Waals surface area contributed by atoms with E-state index in [1.54, 1.807) is 0 Å². The summed E-state index contributed by atoms with van der Waals surface area (Å²) in [7, 11) is 0. The van der Waals surface area contributed by atoms with E-state index in [9.17, 15) is 0 Å². The van der Waals surface area contributed by atoms with Crippen molar-refractivity contribution in [3.05, 3.63) is 89.6 Å². The van der Waals surface area contributed by atoms with Gasteiger partial charge in [-0.1, -0.05) is 54.6 Å². The standard InChI is InChI=1S/C22H22N2/c1-2-4-20(5-3-1)17-24-14-11-18(12-15-24)6-7-19-8-9-22-21(16-19)10-13-23-22/h1-11,13,16,23H,12,14-15,17H2. The van der Waals surface area contributed by atoms with Crippen LogP contribution in [0.4, 0.5) is 0 Å². The lowest BCUT2D eigenvalue weighted by atomic mass is 10.0. The molecule has 24 heavy (non-hydrogen) atoms. The molecule has 0 saturated heterocycles. The molecule has 1 aromatic heterocycles. The Balaban J connectivity index is 1.39. The molecule has 0 aliphatic carbocycles. The molecule has 1 N–H and O–H groups in total. The van der Waals surface area contributed by atoms with E-state index in [-0.39, 0.29) is 0 Å². The minimum Gasteiger partial charge on any atom is -0.361 e. The highest BCUT2D eigenvalue weighted by molar-refractivity contribution is 5.82. The van der Waals surface area contributed by atoms with E-state index in [4.69, 9.17) is 0 Å². The maximum atomic E-state index is 3.24. The first-order valence-corrected chi connectivity index (χ1v) is 8.57. The molecule has 0 atom stereocenters. The third kappa shape index (κ3) is 3.50. The van der Waals surface area contributed by atoms with E-state index < -0.39 is 0 Å². The highest BCUT2D eigenvalue weighted by Crippen LogP contribution is 2.18. The van der Waals surface area contributed by atoms with Crippen molar-refractivity contribution in [1.29, 1.82) is 0 Å². The highest BCUT2D eigenvalue weighted by Gasteiger charge is 2.10. The zero-order valence-electron chi connectivity index (χ0n) is 13.8. The van der Waals surface area contributed by atoms with Crippen molar-refractivity contribution in [3.8, 4) is 0 Å². The van der Waals surface area contributed by atoms with Crippen LogP contribution < -0.4 is 0 Å². The summed E-state index contributed by atoms with van der Waals surface area (Å²) in [6.07, 6.45) is 9.97. The minimum absolute atomic E-state index is 1.03. The lowest BCUT2D eigenvalue weighted by molar-refractivity contribution is 0.287. The summed E-state index contributed by atoms with van der Waals surface area (Å²) < 4.78 is 0. The lowest BCUT2D eigenvalue weighted by Gasteiger charge is -2.25. The zero-order chi connectivity index (χ0) is 16.2. The summed E-state index contributed by atoms with van der Waals surface area (Å²) >= 11 is 0. The van der Waals surface area contributed by atoms with Gasteiger partial charge in [-0.15, -0.1) is 0 Å². The van der Waals surface area contributed by atoms with Gasteiger partial charge < -0.3 is 4.98 Å². The van der Waals surface area contributed by atoms with Crippen LogP contribution in [0.2, 0.25) is 0 Å². The first-order chi connectivity index (χ1) is 11.9. The van der Waals surface area contributed by atoms with Gasteiger partial charge in [0.25, 0.3) is 0 Å². The fourth-order valence-corrected chi connectivity index (χ4v) is 3.24. The number of aromatic amines is 1. The maximum Gasteiger partial charge on any atom is 0.0454 e. The largest absolute Gasteiger partial charge is 0.361 e. The van der Waals surface area contributed by atoms with Gasteiger partial charge >= 0.3 is 0 Å². The zero-order valence-corrected chi connectivity index (χ0v) is 13.8. The van der Waals surface area contributed by atoms with E-state index in [0.717, 1.165) is 26.1 Å². The Morgan fingerprint density at radius 2 is 1.92 bits per heavy atom. The molecule has 4 rings (SSSR count). The number of fused-ring (bicyclic) bond motifs is 1. The van der Waals surface area contributed by atoms with E-state index in [1.165, 1.54) is 27.6 Å². The summed E-state index contributed by atoms with van der Waals surface area (Å²) in [6, 6.07) is 19.4. The van der Waals surface area contributed by atoms with Crippen LogP contribution in [0.1, 0.15) is 17.5 Å². The van der Waals surface area contributed by atoms with Crippen LogP contribution in [0.25, 0.3) is 17.0 Å². The fraction of sp³-hybridized carbons (Fsp3) is 0.182. The summed E-state index contributed by atoms with van der Waals surface area (Å²) in [5, 5.41) is 1.27. The van der Waals surface area contributed by atoms with Crippen LogP contribution in [-0.2, 0) is 6.54 Å². The van der Waals surface area contributed by atoms with Gasteiger partial charge in [0.2, 0.25) is 0 Å². The second-order valence-electron chi connectivity index (χ2n) is 6.41. The molecule has 0 fully saturated rings. The Morgan fingerprint density at radius 3 is 2.75 bits per heavy atom. The molecule has 0 amide bonds. The monoisotopic (exact) mass is 314 g/mol. The second kappa shape index (κ2) is 6.90. The molecule has 3 aromatic rings. The molecule has 1 aliphatic rings. The van der Waals surface area contributed by atoms with Gasteiger partial charge in [0.15, 0.2) is 0 Å². The van der Waals surface area contributed by atoms with Gasteiger partial charge in [-0.25, -0.2) is 0 Å². The van der Waals surface area contributed by atoms with Gasteiger partial charge in [-0.3, -0.25) is 4.90 Å². The molecule has 0 unspecified atom stereocenters. The summed E-state index contributed by atoms with van der Waals surface area (Å²) in [6.45, 7) is 3.20. The average Bonchev–Trinajstić information content (AvgIpc) is 3.10. The SMILES string of the molecule is C(=Cc1ccc2[nH]ccc2c1)C1=CCN(Cc2ccccc2)CC1. The first kappa shape index (κ1) is 15.0. The quantitative estimate of drug-likeness (QED) is 0.717. The van der Waals surface area contributed by atoms with Crippen LogP contribution in [-0.4, -0.2) is 23.0 Å². The van der Waals surface area contributed by atoms with Crippen molar-refractivity contribution in [2.75, 3.05) is 13.1 Å². The van der Waals surface area contributed by atoms with E-state index >= 15 is 0 Å². The second-order valence-corrected chi connectivity index (χ2v) is 6.41. The molecule has 0 saturated carbocycles. The Kier molecular flexibility index (Phi) is 4.30. The number of nitrogens with zero attached hydrogens (tertiary/aromatic N) is 1. The molecular weight excluding hydrogens is 292 g/mol.